The third kappa shape index (κ3) is 2.82. The van der Waals surface area contributed by atoms with Crippen LogP contribution in [0.4, 0.5) is 0 Å². The molecule has 0 aliphatic rings. The number of halogens is 1. The highest BCUT2D eigenvalue weighted by atomic mass is 35.5. The van der Waals surface area contributed by atoms with Crippen molar-refractivity contribution in [3.63, 3.8) is 0 Å². The Morgan fingerprint density at radius 1 is 0.964 bits per heavy atom. The first-order chi connectivity index (χ1) is 13.7. The minimum Gasteiger partial charge on any atom is -0.269 e. The smallest absolute Gasteiger partial charge is 0.174 e. The van der Waals surface area contributed by atoms with Gasteiger partial charge in [-0.3, -0.25) is 4.40 Å². The standard InChI is InChI=1S/C21H17ClN6/c1-14-7-9-16(22)11-18(14)28-20-17(12-24-28)21-26-25-19(27(21)13-23-20)10-8-15-5-3-2-4-6-15/h2-7,9,11-13H,8,10H2,1H3. The van der Waals surface area contributed by atoms with E-state index in [-0.39, 0.29) is 0 Å². The van der Waals surface area contributed by atoms with E-state index >= 15 is 0 Å². The number of hydrogen-bond donors (Lipinski definition) is 0. The van der Waals surface area contributed by atoms with E-state index in [2.05, 4.69) is 44.5 Å². The van der Waals surface area contributed by atoms with Crippen molar-refractivity contribution in [1.29, 1.82) is 0 Å². The maximum Gasteiger partial charge on any atom is 0.174 e. The molecular formula is C21H17ClN6. The summed E-state index contributed by atoms with van der Waals surface area (Å²) in [6.45, 7) is 2.02. The van der Waals surface area contributed by atoms with Crippen LogP contribution in [0.3, 0.4) is 0 Å². The summed E-state index contributed by atoms with van der Waals surface area (Å²) >= 11 is 6.18. The number of nitrogens with zero attached hydrogens (tertiary/aromatic N) is 6. The van der Waals surface area contributed by atoms with Gasteiger partial charge < -0.3 is 0 Å². The Morgan fingerprint density at radius 2 is 1.82 bits per heavy atom. The highest BCUT2D eigenvalue weighted by molar-refractivity contribution is 6.30. The number of aryl methyl sites for hydroxylation is 3. The summed E-state index contributed by atoms with van der Waals surface area (Å²) in [5.41, 5.74) is 4.75. The van der Waals surface area contributed by atoms with E-state index in [9.17, 15) is 0 Å². The van der Waals surface area contributed by atoms with Crippen LogP contribution in [0.2, 0.25) is 5.02 Å². The third-order valence-electron chi connectivity index (χ3n) is 4.93. The highest BCUT2D eigenvalue weighted by Gasteiger charge is 2.15. The molecule has 0 unspecified atom stereocenters. The minimum absolute atomic E-state index is 0.663. The molecule has 0 aliphatic heterocycles. The Bertz CT molecular complexity index is 1290. The molecule has 3 heterocycles. The molecule has 0 amide bonds. The molecular weight excluding hydrogens is 372 g/mol. The average Bonchev–Trinajstić information content (AvgIpc) is 3.33. The third-order valence-corrected chi connectivity index (χ3v) is 5.16. The zero-order valence-electron chi connectivity index (χ0n) is 15.2. The molecule has 0 saturated heterocycles. The van der Waals surface area contributed by atoms with Crippen molar-refractivity contribution in [3.05, 3.63) is 83.0 Å². The number of fused-ring (bicyclic) bond motifs is 3. The lowest BCUT2D eigenvalue weighted by Crippen LogP contribution is -2.02. The Hall–Kier alpha value is -3.25. The summed E-state index contributed by atoms with van der Waals surface area (Å²) in [6, 6.07) is 16.1. The maximum atomic E-state index is 6.18. The molecule has 2 aromatic carbocycles. The van der Waals surface area contributed by atoms with Crippen LogP contribution in [0.1, 0.15) is 17.0 Å². The Labute approximate surface area is 166 Å². The van der Waals surface area contributed by atoms with Crippen LogP contribution in [-0.4, -0.2) is 29.4 Å². The van der Waals surface area contributed by atoms with Gasteiger partial charge in [-0.15, -0.1) is 10.2 Å². The van der Waals surface area contributed by atoms with Crippen molar-refractivity contribution in [1.82, 2.24) is 29.4 Å². The molecule has 0 spiro atoms. The minimum atomic E-state index is 0.663. The van der Waals surface area contributed by atoms with E-state index in [0.717, 1.165) is 46.6 Å². The number of hydrogen-bond acceptors (Lipinski definition) is 4. The molecule has 0 N–H and O–H groups in total. The molecule has 0 fully saturated rings. The molecule has 5 aromatic rings. The molecule has 6 nitrogen and oxygen atoms in total. The van der Waals surface area contributed by atoms with Gasteiger partial charge in [0.15, 0.2) is 11.3 Å². The lowest BCUT2D eigenvalue weighted by molar-refractivity contribution is 0.830. The van der Waals surface area contributed by atoms with Gasteiger partial charge in [0, 0.05) is 11.4 Å². The topological polar surface area (TPSA) is 60.9 Å². The monoisotopic (exact) mass is 388 g/mol. The number of aromatic nitrogens is 6. The molecule has 0 bridgehead atoms. The largest absolute Gasteiger partial charge is 0.269 e. The Balaban J connectivity index is 1.56. The summed E-state index contributed by atoms with van der Waals surface area (Å²) < 4.78 is 3.75. The average molecular weight is 389 g/mol. The van der Waals surface area contributed by atoms with E-state index < -0.39 is 0 Å². The van der Waals surface area contributed by atoms with Crippen LogP contribution in [0.15, 0.2) is 61.1 Å². The van der Waals surface area contributed by atoms with Gasteiger partial charge in [0.25, 0.3) is 0 Å². The molecule has 28 heavy (non-hydrogen) atoms. The molecule has 0 aliphatic carbocycles. The van der Waals surface area contributed by atoms with Crippen molar-refractivity contribution < 1.29 is 0 Å². The fourth-order valence-electron chi connectivity index (χ4n) is 3.42. The Kier molecular flexibility index (Phi) is 4.06. The summed E-state index contributed by atoms with van der Waals surface area (Å²) in [5.74, 6) is 0.889. The summed E-state index contributed by atoms with van der Waals surface area (Å²) in [6.07, 6.45) is 5.25. The van der Waals surface area contributed by atoms with E-state index in [4.69, 9.17) is 11.6 Å². The first-order valence-electron chi connectivity index (χ1n) is 9.07. The van der Waals surface area contributed by atoms with Crippen LogP contribution in [0.25, 0.3) is 22.4 Å². The summed E-state index contributed by atoms with van der Waals surface area (Å²) in [4.78, 5) is 4.64. The van der Waals surface area contributed by atoms with Gasteiger partial charge in [-0.2, -0.15) is 5.10 Å². The fraction of sp³-hybridized carbons (Fsp3) is 0.143. The SMILES string of the molecule is Cc1ccc(Cl)cc1-n1ncc2c1ncn1c(CCc3ccccc3)nnc21. The predicted octanol–water partition coefficient (Wildman–Crippen LogP) is 4.21. The number of rotatable bonds is 4. The second-order valence-electron chi connectivity index (χ2n) is 6.76. The van der Waals surface area contributed by atoms with E-state index in [1.54, 1.807) is 17.2 Å². The second-order valence-corrected chi connectivity index (χ2v) is 7.20. The molecule has 5 rings (SSSR count). The van der Waals surface area contributed by atoms with Crippen LogP contribution in [0, 0.1) is 6.92 Å². The first-order valence-corrected chi connectivity index (χ1v) is 9.45. The maximum absolute atomic E-state index is 6.18. The fourth-order valence-corrected chi connectivity index (χ4v) is 3.59. The quantitative estimate of drug-likeness (QED) is 0.462. The lowest BCUT2D eigenvalue weighted by Gasteiger charge is -2.07. The van der Waals surface area contributed by atoms with Crippen molar-refractivity contribution >= 4 is 28.3 Å². The van der Waals surface area contributed by atoms with Gasteiger partial charge in [0.2, 0.25) is 0 Å². The van der Waals surface area contributed by atoms with Gasteiger partial charge in [-0.25, -0.2) is 9.67 Å². The summed E-state index contributed by atoms with van der Waals surface area (Å²) in [5, 5.41) is 14.8. The van der Waals surface area contributed by atoms with Crippen LogP contribution in [-0.2, 0) is 12.8 Å². The van der Waals surface area contributed by atoms with Crippen molar-refractivity contribution in [2.24, 2.45) is 0 Å². The molecule has 3 aromatic heterocycles. The van der Waals surface area contributed by atoms with Gasteiger partial charge >= 0.3 is 0 Å². The van der Waals surface area contributed by atoms with Gasteiger partial charge in [-0.05, 0) is 36.6 Å². The van der Waals surface area contributed by atoms with Gasteiger partial charge in [-0.1, -0.05) is 48.0 Å². The van der Waals surface area contributed by atoms with E-state index in [0.29, 0.717) is 5.02 Å². The second kappa shape index (κ2) is 6.73. The molecule has 138 valence electrons. The van der Waals surface area contributed by atoms with Crippen LogP contribution >= 0.6 is 11.6 Å². The number of benzene rings is 2. The van der Waals surface area contributed by atoms with E-state index in [1.165, 1.54) is 5.56 Å². The first kappa shape index (κ1) is 16.9. The molecule has 0 atom stereocenters. The predicted molar refractivity (Wildman–Crippen MR) is 109 cm³/mol. The van der Waals surface area contributed by atoms with Gasteiger partial charge in [0.05, 0.1) is 17.3 Å². The lowest BCUT2D eigenvalue weighted by atomic mass is 10.1. The zero-order chi connectivity index (χ0) is 19.1. The molecule has 0 radical (unpaired) electrons. The van der Waals surface area contributed by atoms with E-state index in [1.807, 2.05) is 35.6 Å². The Morgan fingerprint density at radius 3 is 2.68 bits per heavy atom. The normalized spacial score (nSPS) is 11.5. The van der Waals surface area contributed by atoms with Crippen LogP contribution in [0.5, 0.6) is 0 Å². The zero-order valence-corrected chi connectivity index (χ0v) is 16.0. The van der Waals surface area contributed by atoms with Crippen LogP contribution < -0.4 is 0 Å². The van der Waals surface area contributed by atoms with Crippen molar-refractivity contribution in [2.45, 2.75) is 19.8 Å². The highest BCUT2D eigenvalue weighted by Crippen LogP contribution is 2.24. The van der Waals surface area contributed by atoms with Crippen molar-refractivity contribution in [2.75, 3.05) is 0 Å². The molecule has 7 heteroatoms. The summed E-state index contributed by atoms with van der Waals surface area (Å²) in [7, 11) is 0. The molecule has 0 saturated carbocycles. The van der Waals surface area contributed by atoms with Crippen molar-refractivity contribution in [3.8, 4) is 5.69 Å². The van der Waals surface area contributed by atoms with Gasteiger partial charge in [0.1, 0.15) is 12.2 Å².